The molecule has 2 rings (SSSR count). The molecule has 0 heterocycles. The monoisotopic (exact) mass is 352 g/mol. The largest absolute Gasteiger partial charge is 0.445 e. The molecule has 2 atom stereocenters. The van der Waals surface area contributed by atoms with Crippen LogP contribution in [0.25, 0.3) is 0 Å². The number of hydrogen-bond donors (Lipinski definition) is 4. The predicted octanol–water partition coefficient (Wildman–Crippen LogP) is 1.87. The number of amides is 1. The van der Waals surface area contributed by atoms with Crippen molar-refractivity contribution in [1.82, 2.24) is 5.32 Å². The van der Waals surface area contributed by atoms with Crippen molar-refractivity contribution in [2.75, 3.05) is 12.3 Å². The molecule has 2 unspecified atom stereocenters. The fraction of sp³-hybridized carbons (Fsp3) is 0.235. The normalized spacial score (nSPS) is 13.1. The molecule has 0 bridgehead atoms. The number of ether oxygens (including phenoxy) is 1. The average molecular weight is 352 g/mol. The van der Waals surface area contributed by atoms with Crippen molar-refractivity contribution >= 4 is 11.8 Å². The lowest BCUT2D eigenvalue weighted by molar-refractivity contribution is 0.0165. The van der Waals surface area contributed by atoms with E-state index in [0.29, 0.717) is 0 Å². The van der Waals surface area contributed by atoms with Crippen LogP contribution in [-0.2, 0) is 11.3 Å². The molecule has 6 nitrogen and oxygen atoms in total. The van der Waals surface area contributed by atoms with Crippen molar-refractivity contribution in [3.05, 3.63) is 65.2 Å². The number of rotatable bonds is 6. The quantitative estimate of drug-likeness (QED) is 0.594. The van der Waals surface area contributed by atoms with E-state index in [2.05, 4.69) is 5.32 Å². The Labute approximate surface area is 142 Å². The zero-order chi connectivity index (χ0) is 18.4. The summed E-state index contributed by atoms with van der Waals surface area (Å²) in [6.45, 7) is -0.416. The van der Waals surface area contributed by atoms with Gasteiger partial charge in [-0.2, -0.15) is 0 Å². The fourth-order valence-electron chi connectivity index (χ4n) is 2.15. The number of hydrogen-bond acceptors (Lipinski definition) is 5. The van der Waals surface area contributed by atoms with Gasteiger partial charge in [-0.25, -0.2) is 13.6 Å². The molecule has 134 valence electrons. The van der Waals surface area contributed by atoms with Crippen LogP contribution in [0.1, 0.15) is 17.2 Å². The molecule has 0 aliphatic carbocycles. The predicted molar refractivity (Wildman–Crippen MR) is 86.4 cm³/mol. The van der Waals surface area contributed by atoms with Crippen LogP contribution in [0.3, 0.4) is 0 Å². The van der Waals surface area contributed by atoms with Gasteiger partial charge < -0.3 is 26.0 Å². The molecule has 0 fully saturated rings. The Morgan fingerprint density at radius 3 is 2.52 bits per heavy atom. The van der Waals surface area contributed by atoms with E-state index in [4.69, 9.17) is 10.5 Å². The van der Waals surface area contributed by atoms with Crippen LogP contribution in [-0.4, -0.2) is 29.0 Å². The van der Waals surface area contributed by atoms with Crippen molar-refractivity contribution in [3.8, 4) is 0 Å². The number of aliphatic hydroxyl groups excluding tert-OH is 2. The second-order valence-electron chi connectivity index (χ2n) is 5.32. The summed E-state index contributed by atoms with van der Waals surface area (Å²) in [7, 11) is 0. The standard InChI is InChI=1S/C17H18F2N2O4/c18-11-6-7-12(20)14(15(11)19)16(23)13(22)8-21-17(24)25-9-10-4-2-1-3-5-10/h1-7,13,16,22-23H,8-9,20H2,(H,21,24). The maximum atomic E-state index is 13.7. The van der Waals surface area contributed by atoms with Gasteiger partial charge in [0, 0.05) is 17.8 Å². The minimum absolute atomic E-state index is 0.0246. The number of aliphatic hydroxyl groups is 2. The lowest BCUT2D eigenvalue weighted by Crippen LogP contribution is -2.36. The smallest absolute Gasteiger partial charge is 0.407 e. The third-order valence-electron chi connectivity index (χ3n) is 3.49. The number of benzene rings is 2. The van der Waals surface area contributed by atoms with Crippen LogP contribution < -0.4 is 11.1 Å². The molecule has 0 saturated carbocycles. The van der Waals surface area contributed by atoms with Crippen LogP contribution in [0.2, 0.25) is 0 Å². The highest BCUT2D eigenvalue weighted by Crippen LogP contribution is 2.27. The summed E-state index contributed by atoms with van der Waals surface area (Å²) >= 11 is 0. The van der Waals surface area contributed by atoms with Gasteiger partial charge in [0.25, 0.3) is 0 Å². The minimum Gasteiger partial charge on any atom is -0.445 e. The molecule has 0 aromatic heterocycles. The minimum atomic E-state index is -1.81. The molecule has 0 aliphatic rings. The van der Waals surface area contributed by atoms with Crippen LogP contribution in [0.5, 0.6) is 0 Å². The second-order valence-corrected chi connectivity index (χ2v) is 5.32. The first-order valence-corrected chi connectivity index (χ1v) is 7.44. The summed E-state index contributed by atoms with van der Waals surface area (Å²) in [4.78, 5) is 11.6. The zero-order valence-corrected chi connectivity index (χ0v) is 13.2. The Kier molecular flexibility index (Phi) is 6.26. The van der Waals surface area contributed by atoms with Gasteiger partial charge >= 0.3 is 6.09 Å². The Hall–Kier alpha value is -2.71. The summed E-state index contributed by atoms with van der Waals surface area (Å²) in [5, 5.41) is 22.1. The van der Waals surface area contributed by atoms with Gasteiger partial charge in [0.15, 0.2) is 11.6 Å². The molecule has 2 aromatic carbocycles. The van der Waals surface area contributed by atoms with Crippen molar-refractivity contribution in [3.63, 3.8) is 0 Å². The lowest BCUT2D eigenvalue weighted by Gasteiger charge is -2.20. The highest BCUT2D eigenvalue weighted by atomic mass is 19.2. The molecule has 5 N–H and O–H groups in total. The number of carbonyl (C=O) groups is 1. The molecular formula is C17H18F2N2O4. The molecule has 0 aliphatic heterocycles. The summed E-state index contributed by atoms with van der Waals surface area (Å²) in [5.41, 5.74) is 5.50. The first kappa shape index (κ1) is 18.6. The van der Waals surface area contributed by atoms with E-state index in [0.717, 1.165) is 17.7 Å². The number of alkyl carbamates (subject to hydrolysis) is 1. The summed E-state index contributed by atoms with van der Waals surface area (Å²) in [6, 6.07) is 10.8. The SMILES string of the molecule is Nc1ccc(F)c(F)c1C(O)C(O)CNC(=O)OCc1ccccc1. The Balaban J connectivity index is 1.88. The number of nitrogens with two attached hydrogens (primary N) is 1. The first-order chi connectivity index (χ1) is 11.9. The van der Waals surface area contributed by atoms with E-state index in [-0.39, 0.29) is 12.3 Å². The zero-order valence-electron chi connectivity index (χ0n) is 13.2. The van der Waals surface area contributed by atoms with Gasteiger partial charge in [-0.1, -0.05) is 30.3 Å². The first-order valence-electron chi connectivity index (χ1n) is 7.44. The molecule has 1 amide bonds. The van der Waals surface area contributed by atoms with Crippen LogP contribution in [0.4, 0.5) is 19.3 Å². The molecule has 0 radical (unpaired) electrons. The van der Waals surface area contributed by atoms with Crippen LogP contribution in [0.15, 0.2) is 42.5 Å². The van der Waals surface area contributed by atoms with E-state index in [1.165, 1.54) is 0 Å². The summed E-state index contributed by atoms with van der Waals surface area (Å²) in [6.07, 6.45) is -4.25. The maximum Gasteiger partial charge on any atom is 0.407 e. The Morgan fingerprint density at radius 1 is 1.16 bits per heavy atom. The van der Waals surface area contributed by atoms with Crippen molar-refractivity contribution in [2.24, 2.45) is 0 Å². The molecular weight excluding hydrogens is 334 g/mol. The maximum absolute atomic E-state index is 13.7. The molecule has 0 spiro atoms. The number of anilines is 1. The van der Waals surface area contributed by atoms with Crippen LogP contribution in [0, 0.1) is 11.6 Å². The molecule has 8 heteroatoms. The highest BCUT2D eigenvalue weighted by Gasteiger charge is 2.26. The Morgan fingerprint density at radius 2 is 1.84 bits per heavy atom. The van der Waals surface area contributed by atoms with Gasteiger partial charge in [0.05, 0.1) is 0 Å². The van der Waals surface area contributed by atoms with E-state index in [9.17, 15) is 23.8 Å². The Bertz CT molecular complexity index is 728. The summed E-state index contributed by atoms with van der Waals surface area (Å²) in [5.74, 6) is -2.55. The van der Waals surface area contributed by atoms with Gasteiger partial charge in [-0.05, 0) is 17.7 Å². The van der Waals surface area contributed by atoms with Gasteiger partial charge in [-0.3, -0.25) is 0 Å². The second kappa shape index (κ2) is 8.41. The van der Waals surface area contributed by atoms with Crippen molar-refractivity contribution < 1.29 is 28.5 Å². The van der Waals surface area contributed by atoms with E-state index < -0.39 is 42.0 Å². The molecule has 25 heavy (non-hydrogen) atoms. The topological polar surface area (TPSA) is 105 Å². The number of nitrogen functional groups attached to an aromatic ring is 1. The number of nitrogens with one attached hydrogen (secondary N) is 1. The van der Waals surface area contributed by atoms with Gasteiger partial charge in [0.2, 0.25) is 0 Å². The van der Waals surface area contributed by atoms with Gasteiger partial charge in [-0.15, -0.1) is 0 Å². The average Bonchev–Trinajstić information content (AvgIpc) is 2.62. The highest BCUT2D eigenvalue weighted by molar-refractivity contribution is 5.67. The van der Waals surface area contributed by atoms with Crippen LogP contribution >= 0.6 is 0 Å². The third-order valence-corrected chi connectivity index (χ3v) is 3.49. The van der Waals surface area contributed by atoms with E-state index >= 15 is 0 Å². The lowest BCUT2D eigenvalue weighted by atomic mass is 10.0. The number of halogens is 2. The fourth-order valence-corrected chi connectivity index (χ4v) is 2.15. The van der Waals surface area contributed by atoms with Crippen molar-refractivity contribution in [1.29, 1.82) is 0 Å². The molecule has 2 aromatic rings. The van der Waals surface area contributed by atoms with Crippen molar-refractivity contribution in [2.45, 2.75) is 18.8 Å². The molecule has 0 saturated heterocycles. The van der Waals surface area contributed by atoms with E-state index in [1.807, 2.05) is 6.07 Å². The third kappa shape index (κ3) is 4.88. The van der Waals surface area contributed by atoms with Gasteiger partial charge in [0.1, 0.15) is 18.8 Å². The number of carbonyl (C=O) groups excluding carboxylic acids is 1. The summed E-state index contributed by atoms with van der Waals surface area (Å²) < 4.78 is 31.9. The van der Waals surface area contributed by atoms with E-state index in [1.54, 1.807) is 24.3 Å².